The standard InChI is InChI=1S/C16H32NO2S.3C4H9.Sn/c1-8-9-10-11-12-17(13-20-16(5,6)7)14(18)19-15(2,3)4;3*1-3-4-2;/h12H,8-11,13H2,1-7H3;3*1,3-4H2,2H3;. The van der Waals surface area contributed by atoms with Gasteiger partial charge < -0.3 is 0 Å². The van der Waals surface area contributed by atoms with Crippen LogP contribution in [0.3, 0.4) is 0 Å². The van der Waals surface area contributed by atoms with Gasteiger partial charge in [0.1, 0.15) is 0 Å². The number of hydrogen-bond acceptors (Lipinski definition) is 3. The predicted molar refractivity (Wildman–Crippen MR) is 153 cm³/mol. The van der Waals surface area contributed by atoms with Gasteiger partial charge in [-0.05, 0) is 0 Å². The summed E-state index contributed by atoms with van der Waals surface area (Å²) < 4.78 is 11.0. The first kappa shape index (κ1) is 33.4. The zero-order valence-corrected chi connectivity index (χ0v) is 27.8. The van der Waals surface area contributed by atoms with Gasteiger partial charge in [0, 0.05) is 0 Å². The molecule has 1 atom stereocenters. The minimum absolute atomic E-state index is 0.0636. The summed E-state index contributed by atoms with van der Waals surface area (Å²) in [4.78, 5) is 16.0. The summed E-state index contributed by atoms with van der Waals surface area (Å²) in [6, 6.07) is 0. The molecular weight excluding hydrogens is 533 g/mol. The van der Waals surface area contributed by atoms with Crippen molar-refractivity contribution >= 4 is 36.2 Å². The molecule has 1 unspecified atom stereocenters. The van der Waals surface area contributed by atoms with Gasteiger partial charge in [0.15, 0.2) is 0 Å². The second-order valence-corrected chi connectivity index (χ2v) is 27.8. The van der Waals surface area contributed by atoms with E-state index in [0.29, 0.717) is 4.06 Å². The molecule has 0 aromatic carbocycles. The molecule has 0 aliphatic rings. The number of ether oxygens (including phenoxy) is 1. The molecule has 0 saturated carbocycles. The van der Waals surface area contributed by atoms with Crippen molar-refractivity contribution in [2.45, 2.75) is 161 Å². The fraction of sp³-hybridized carbons (Fsp3) is 0.964. The molecular formula is C28H59NO2SSn. The third-order valence-corrected chi connectivity index (χ3v) is 25.1. The van der Waals surface area contributed by atoms with Crippen molar-refractivity contribution in [2.24, 2.45) is 0 Å². The molecule has 33 heavy (non-hydrogen) atoms. The number of nitrogens with zero attached hydrogens (tertiary/aromatic N) is 1. The van der Waals surface area contributed by atoms with Crippen LogP contribution in [0.4, 0.5) is 4.79 Å². The first-order valence-electron chi connectivity index (χ1n) is 14.0. The summed E-state index contributed by atoms with van der Waals surface area (Å²) in [7, 11) is 0. The predicted octanol–water partition coefficient (Wildman–Crippen LogP) is 10.0. The quantitative estimate of drug-likeness (QED) is 0.0957. The summed E-state index contributed by atoms with van der Waals surface area (Å²) in [6.45, 7) is 22.1. The Hall–Kier alpha value is 0.419. The van der Waals surface area contributed by atoms with E-state index in [-0.39, 0.29) is 10.8 Å². The molecule has 0 rings (SSSR count). The Morgan fingerprint density at radius 3 is 1.61 bits per heavy atom. The van der Waals surface area contributed by atoms with Crippen LogP contribution < -0.4 is 0 Å². The van der Waals surface area contributed by atoms with Gasteiger partial charge in [0.25, 0.3) is 0 Å². The Morgan fingerprint density at radius 2 is 1.24 bits per heavy atom. The zero-order chi connectivity index (χ0) is 25.5. The third-order valence-electron chi connectivity index (χ3n) is 6.51. The van der Waals surface area contributed by atoms with Gasteiger partial charge in [-0.2, -0.15) is 0 Å². The fourth-order valence-corrected chi connectivity index (χ4v) is 24.7. The molecule has 0 aromatic heterocycles. The van der Waals surface area contributed by atoms with E-state index in [1.54, 1.807) is 0 Å². The van der Waals surface area contributed by atoms with Crippen LogP contribution in [-0.2, 0) is 4.74 Å². The maximum absolute atomic E-state index is 13.7. The van der Waals surface area contributed by atoms with Gasteiger partial charge >= 0.3 is 218 Å². The summed E-state index contributed by atoms with van der Waals surface area (Å²) in [6.07, 6.45) is 12.7. The molecule has 198 valence electrons. The van der Waals surface area contributed by atoms with E-state index in [0.717, 1.165) is 5.88 Å². The second-order valence-electron chi connectivity index (χ2n) is 12.0. The first-order valence-corrected chi connectivity index (χ1v) is 22.7. The zero-order valence-electron chi connectivity index (χ0n) is 24.1. The Labute approximate surface area is 216 Å². The normalized spacial score (nSPS) is 13.8. The number of carbonyl (C=O) groups excluding carboxylic acids is 1. The van der Waals surface area contributed by atoms with Crippen LogP contribution in [0.2, 0.25) is 13.3 Å². The molecule has 0 spiro atoms. The number of carbonyl (C=O) groups is 1. The van der Waals surface area contributed by atoms with Crippen molar-refractivity contribution < 1.29 is 9.53 Å². The molecule has 0 heterocycles. The van der Waals surface area contributed by atoms with Crippen molar-refractivity contribution in [2.75, 3.05) is 5.88 Å². The van der Waals surface area contributed by atoms with Gasteiger partial charge in [-0.1, -0.05) is 0 Å². The van der Waals surface area contributed by atoms with Crippen LogP contribution in [0.1, 0.15) is 133 Å². The average molecular weight is 593 g/mol. The Kier molecular flexibility index (Phi) is 17.2. The van der Waals surface area contributed by atoms with Crippen LogP contribution in [0, 0.1) is 0 Å². The number of unbranched alkanes of at least 4 members (excludes halogenated alkanes) is 5. The SMILES string of the molecule is CCCCC[CH](N(CSC(C)(C)C)C(=O)OC(C)(C)C)[Sn]([CH2]CCC)([CH2]CCC)[CH2]CCC. The Bertz CT molecular complexity index is 491. The van der Waals surface area contributed by atoms with Gasteiger partial charge in [-0.25, -0.2) is 0 Å². The van der Waals surface area contributed by atoms with E-state index >= 15 is 0 Å². The number of thioether (sulfide) groups is 1. The van der Waals surface area contributed by atoms with Crippen molar-refractivity contribution in [3.8, 4) is 0 Å². The molecule has 0 radical (unpaired) electrons. The molecule has 0 aliphatic heterocycles. The molecule has 5 heteroatoms. The second kappa shape index (κ2) is 17.0. The number of amides is 1. The number of rotatable bonds is 17. The van der Waals surface area contributed by atoms with Crippen LogP contribution in [-0.4, -0.2) is 49.7 Å². The number of hydrogen-bond donors (Lipinski definition) is 0. The van der Waals surface area contributed by atoms with Crippen LogP contribution in [0.25, 0.3) is 0 Å². The Morgan fingerprint density at radius 1 is 0.788 bits per heavy atom. The molecule has 1 amide bonds. The van der Waals surface area contributed by atoms with Crippen LogP contribution in [0.5, 0.6) is 0 Å². The van der Waals surface area contributed by atoms with E-state index in [2.05, 4.69) is 53.4 Å². The summed E-state index contributed by atoms with van der Waals surface area (Å²) in [5.41, 5.74) is -0.454. The van der Waals surface area contributed by atoms with E-state index in [4.69, 9.17) is 4.74 Å². The van der Waals surface area contributed by atoms with E-state index in [1.807, 2.05) is 32.5 Å². The summed E-state index contributed by atoms with van der Waals surface area (Å²) >= 11 is -0.791. The Balaban J connectivity index is 6.43. The van der Waals surface area contributed by atoms with Gasteiger partial charge in [0.05, 0.1) is 0 Å². The maximum atomic E-state index is 13.7. The molecule has 0 bridgehead atoms. The molecule has 3 nitrogen and oxygen atoms in total. The van der Waals surface area contributed by atoms with Gasteiger partial charge in [-0.3, -0.25) is 0 Å². The van der Waals surface area contributed by atoms with Crippen LogP contribution in [0.15, 0.2) is 0 Å². The van der Waals surface area contributed by atoms with Crippen molar-refractivity contribution in [1.82, 2.24) is 4.90 Å². The van der Waals surface area contributed by atoms with Crippen molar-refractivity contribution in [3.05, 3.63) is 0 Å². The van der Waals surface area contributed by atoms with Crippen LogP contribution >= 0.6 is 11.8 Å². The molecule has 0 fully saturated rings. The molecule has 0 N–H and O–H groups in total. The summed E-state index contributed by atoms with van der Waals surface area (Å²) in [5, 5.41) is 0. The van der Waals surface area contributed by atoms with Gasteiger partial charge in [-0.15, -0.1) is 0 Å². The van der Waals surface area contributed by atoms with E-state index in [9.17, 15) is 4.79 Å². The first-order chi connectivity index (χ1) is 15.4. The van der Waals surface area contributed by atoms with E-state index in [1.165, 1.54) is 77.5 Å². The molecule has 0 saturated heterocycles. The monoisotopic (exact) mass is 593 g/mol. The fourth-order valence-electron chi connectivity index (χ4n) is 4.70. The average Bonchev–Trinajstić information content (AvgIpc) is 2.70. The van der Waals surface area contributed by atoms with Crippen molar-refractivity contribution in [3.63, 3.8) is 0 Å². The van der Waals surface area contributed by atoms with E-state index < -0.39 is 24.0 Å². The molecule has 0 aromatic rings. The molecule has 0 aliphatic carbocycles. The minimum atomic E-state index is -2.70. The summed E-state index contributed by atoms with van der Waals surface area (Å²) in [5.74, 6) is 0.762. The third kappa shape index (κ3) is 14.5. The van der Waals surface area contributed by atoms with Crippen molar-refractivity contribution in [1.29, 1.82) is 0 Å². The topological polar surface area (TPSA) is 29.5 Å². The van der Waals surface area contributed by atoms with Gasteiger partial charge in [0.2, 0.25) is 0 Å².